The predicted octanol–water partition coefficient (Wildman–Crippen LogP) is 3.03. The summed E-state index contributed by atoms with van der Waals surface area (Å²) in [5.74, 6) is 1.66. The van der Waals surface area contributed by atoms with Gasteiger partial charge in [-0.25, -0.2) is 4.99 Å². The van der Waals surface area contributed by atoms with Crippen LogP contribution in [0, 0.1) is 0 Å². The van der Waals surface area contributed by atoms with Crippen LogP contribution in [0.1, 0.15) is 38.2 Å². The van der Waals surface area contributed by atoms with Crippen molar-refractivity contribution in [1.29, 1.82) is 0 Å². The Bertz CT molecular complexity index is 595. The Kier molecular flexibility index (Phi) is 6.43. The minimum absolute atomic E-state index is 0.500. The third-order valence-corrected chi connectivity index (χ3v) is 5.17. The number of likely N-dealkylation sites (tertiary alicyclic amines) is 1. The summed E-state index contributed by atoms with van der Waals surface area (Å²) in [6.45, 7) is 5.91. The first-order valence-corrected chi connectivity index (χ1v) is 9.68. The number of benzene rings is 1. The molecule has 1 saturated heterocycles. The van der Waals surface area contributed by atoms with Gasteiger partial charge in [0.05, 0.1) is 13.7 Å². The van der Waals surface area contributed by atoms with E-state index in [-0.39, 0.29) is 0 Å². The van der Waals surface area contributed by atoms with Crippen molar-refractivity contribution in [3.8, 4) is 5.75 Å². The summed E-state index contributed by atoms with van der Waals surface area (Å²) in [7, 11) is 1.66. The third kappa shape index (κ3) is 5.25. The van der Waals surface area contributed by atoms with Gasteiger partial charge in [0.15, 0.2) is 5.96 Å². The van der Waals surface area contributed by atoms with E-state index in [9.17, 15) is 0 Å². The van der Waals surface area contributed by atoms with Gasteiger partial charge in [0.2, 0.25) is 0 Å². The molecule has 1 aliphatic carbocycles. The van der Waals surface area contributed by atoms with E-state index < -0.39 is 0 Å². The van der Waals surface area contributed by atoms with E-state index in [2.05, 4.69) is 22.5 Å². The molecule has 5 nitrogen and oxygen atoms in total. The summed E-state index contributed by atoms with van der Waals surface area (Å²) < 4.78 is 5.41. The molecular weight excluding hydrogens is 336 g/mol. The molecule has 0 aromatic heterocycles. The molecule has 1 aliphatic heterocycles. The smallest absolute Gasteiger partial charge is 0.191 e. The Morgan fingerprint density at radius 2 is 2.04 bits per heavy atom. The molecule has 0 bridgehead atoms. The number of hydrogen-bond acceptors (Lipinski definition) is 3. The quantitative estimate of drug-likeness (QED) is 0.601. The lowest BCUT2D eigenvalue weighted by Crippen LogP contribution is -2.49. The van der Waals surface area contributed by atoms with Gasteiger partial charge < -0.3 is 20.3 Å². The zero-order valence-corrected chi connectivity index (χ0v) is 16.0. The molecule has 1 heterocycles. The predicted molar refractivity (Wildman–Crippen MR) is 104 cm³/mol. The van der Waals surface area contributed by atoms with Crippen LogP contribution in [0.2, 0.25) is 5.02 Å². The number of piperidine rings is 1. The van der Waals surface area contributed by atoms with E-state index in [1.807, 2.05) is 18.2 Å². The number of rotatable bonds is 6. The molecule has 1 aromatic carbocycles. The van der Waals surface area contributed by atoms with Gasteiger partial charge in [0, 0.05) is 42.3 Å². The van der Waals surface area contributed by atoms with E-state index in [1.165, 1.54) is 38.8 Å². The number of guanidine groups is 1. The molecule has 25 heavy (non-hydrogen) atoms. The number of methoxy groups -OCH3 is 1. The molecule has 3 rings (SSSR count). The Morgan fingerprint density at radius 3 is 2.68 bits per heavy atom. The standard InChI is InChI=1S/C19H29ClN4O/c1-3-21-19(22-13-14-4-5-15(20)12-18(14)25-2)23-16-8-10-24(11-9-16)17-6-7-17/h4-5,12,16-17H,3,6-11,13H2,1-2H3,(H2,21,22,23). The Balaban J connectivity index is 1.57. The minimum atomic E-state index is 0.500. The van der Waals surface area contributed by atoms with Crippen molar-refractivity contribution in [3.05, 3.63) is 28.8 Å². The third-order valence-electron chi connectivity index (χ3n) is 4.93. The summed E-state index contributed by atoms with van der Waals surface area (Å²) in [5, 5.41) is 7.63. The molecule has 0 amide bonds. The summed E-state index contributed by atoms with van der Waals surface area (Å²) >= 11 is 6.03. The lowest BCUT2D eigenvalue weighted by Gasteiger charge is -2.33. The van der Waals surface area contributed by atoms with Crippen molar-refractivity contribution in [2.75, 3.05) is 26.7 Å². The van der Waals surface area contributed by atoms with Crippen LogP contribution in [0.15, 0.2) is 23.2 Å². The van der Waals surface area contributed by atoms with E-state index in [0.717, 1.165) is 29.9 Å². The second-order valence-corrected chi connectivity index (χ2v) is 7.27. The average molecular weight is 365 g/mol. The first-order valence-electron chi connectivity index (χ1n) is 9.31. The van der Waals surface area contributed by atoms with Crippen molar-refractivity contribution >= 4 is 17.6 Å². The van der Waals surface area contributed by atoms with Crippen molar-refractivity contribution < 1.29 is 4.74 Å². The van der Waals surface area contributed by atoms with Gasteiger partial charge in [0.25, 0.3) is 0 Å². The molecule has 0 atom stereocenters. The van der Waals surface area contributed by atoms with Crippen LogP contribution in [0.3, 0.4) is 0 Å². The number of nitrogens with one attached hydrogen (secondary N) is 2. The highest BCUT2D eigenvalue weighted by atomic mass is 35.5. The molecular formula is C19H29ClN4O. The van der Waals surface area contributed by atoms with Crippen LogP contribution in [-0.4, -0.2) is 49.7 Å². The van der Waals surface area contributed by atoms with Gasteiger partial charge in [-0.1, -0.05) is 17.7 Å². The van der Waals surface area contributed by atoms with E-state index >= 15 is 0 Å². The van der Waals surface area contributed by atoms with Crippen molar-refractivity contribution in [1.82, 2.24) is 15.5 Å². The van der Waals surface area contributed by atoms with E-state index in [4.69, 9.17) is 21.3 Å². The number of halogens is 1. The SMILES string of the molecule is CCNC(=NCc1ccc(Cl)cc1OC)NC1CCN(C2CC2)CC1. The highest BCUT2D eigenvalue weighted by Crippen LogP contribution is 2.29. The Labute approximate surface area is 155 Å². The van der Waals surface area contributed by atoms with Gasteiger partial charge in [-0.3, -0.25) is 0 Å². The molecule has 6 heteroatoms. The first-order chi connectivity index (χ1) is 12.2. The van der Waals surface area contributed by atoms with E-state index in [0.29, 0.717) is 17.6 Å². The van der Waals surface area contributed by atoms with Crippen LogP contribution in [0.4, 0.5) is 0 Å². The van der Waals surface area contributed by atoms with Gasteiger partial charge in [-0.05, 0) is 44.7 Å². The van der Waals surface area contributed by atoms with Crippen molar-refractivity contribution in [2.24, 2.45) is 4.99 Å². The van der Waals surface area contributed by atoms with Crippen LogP contribution in [0.5, 0.6) is 5.75 Å². The molecule has 0 radical (unpaired) electrons. The summed E-state index contributed by atoms with van der Waals surface area (Å²) in [4.78, 5) is 7.38. The minimum Gasteiger partial charge on any atom is -0.496 e. The van der Waals surface area contributed by atoms with E-state index in [1.54, 1.807) is 7.11 Å². The van der Waals surface area contributed by atoms with Crippen molar-refractivity contribution in [2.45, 2.75) is 51.2 Å². The highest BCUT2D eigenvalue weighted by molar-refractivity contribution is 6.30. The van der Waals surface area contributed by atoms with Crippen LogP contribution >= 0.6 is 11.6 Å². The topological polar surface area (TPSA) is 48.9 Å². The zero-order chi connectivity index (χ0) is 17.6. The lowest BCUT2D eigenvalue weighted by atomic mass is 10.1. The van der Waals surface area contributed by atoms with Crippen LogP contribution < -0.4 is 15.4 Å². The molecule has 0 spiro atoms. The number of aliphatic imine (C=N–C) groups is 1. The molecule has 1 saturated carbocycles. The van der Waals surface area contributed by atoms with Gasteiger partial charge >= 0.3 is 0 Å². The fraction of sp³-hybridized carbons (Fsp3) is 0.632. The fourth-order valence-electron chi connectivity index (χ4n) is 3.38. The van der Waals surface area contributed by atoms with Crippen molar-refractivity contribution in [3.63, 3.8) is 0 Å². The van der Waals surface area contributed by atoms with Crippen LogP contribution in [-0.2, 0) is 6.54 Å². The lowest BCUT2D eigenvalue weighted by molar-refractivity contribution is 0.197. The van der Waals surface area contributed by atoms with Gasteiger partial charge in [-0.2, -0.15) is 0 Å². The summed E-state index contributed by atoms with van der Waals surface area (Å²) in [5.41, 5.74) is 1.03. The fourth-order valence-corrected chi connectivity index (χ4v) is 3.54. The average Bonchev–Trinajstić information content (AvgIpc) is 3.46. The Morgan fingerprint density at radius 1 is 1.28 bits per heavy atom. The number of nitrogens with zero attached hydrogens (tertiary/aromatic N) is 2. The van der Waals surface area contributed by atoms with Gasteiger partial charge in [0.1, 0.15) is 5.75 Å². The Hall–Kier alpha value is -1.46. The summed E-state index contributed by atoms with van der Waals surface area (Å²) in [6, 6.07) is 7.06. The number of hydrogen-bond donors (Lipinski definition) is 2. The molecule has 2 fully saturated rings. The monoisotopic (exact) mass is 364 g/mol. The maximum Gasteiger partial charge on any atom is 0.191 e. The summed E-state index contributed by atoms with van der Waals surface area (Å²) in [6.07, 6.45) is 5.16. The first kappa shape index (κ1) is 18.3. The second kappa shape index (κ2) is 8.77. The molecule has 2 aliphatic rings. The van der Waals surface area contributed by atoms with Gasteiger partial charge in [-0.15, -0.1) is 0 Å². The highest BCUT2D eigenvalue weighted by Gasteiger charge is 2.31. The maximum atomic E-state index is 6.03. The molecule has 138 valence electrons. The molecule has 1 aromatic rings. The zero-order valence-electron chi connectivity index (χ0n) is 15.2. The molecule has 0 unspecified atom stereocenters. The molecule has 2 N–H and O–H groups in total. The van der Waals surface area contributed by atoms with Crippen LogP contribution in [0.25, 0.3) is 0 Å². The number of ether oxygens (including phenoxy) is 1. The maximum absolute atomic E-state index is 6.03. The largest absolute Gasteiger partial charge is 0.496 e. The second-order valence-electron chi connectivity index (χ2n) is 6.84. The normalized spacial score (nSPS) is 19.7.